The van der Waals surface area contributed by atoms with E-state index in [9.17, 15) is 22.8 Å². The summed E-state index contributed by atoms with van der Waals surface area (Å²) in [6.07, 6.45) is -5.08. The van der Waals surface area contributed by atoms with Crippen molar-refractivity contribution in [3.63, 3.8) is 0 Å². The zero-order chi connectivity index (χ0) is 26.7. The standard InChI is InChI=1S/C22H24N4O3.C2HF3O2/c1-29-20-7-5-17(6-8-20)15-26(16-21(27)25-11-9-24-10-12-25)22(28)19-4-2-3-18(13-19)14-23;3-2(4,5)1(6)7/h2-8,13,24H,9-12,15-16H2,1H3;(H,6,7). The number of nitriles is 1. The number of amides is 2. The number of nitrogens with one attached hydrogen (secondary N) is 1. The van der Waals surface area contributed by atoms with Crippen LogP contribution in [-0.2, 0) is 16.1 Å². The van der Waals surface area contributed by atoms with Gasteiger partial charge in [-0.25, -0.2) is 4.79 Å². The van der Waals surface area contributed by atoms with Gasteiger partial charge in [-0.3, -0.25) is 9.59 Å². The second-order valence-corrected chi connectivity index (χ2v) is 7.64. The van der Waals surface area contributed by atoms with Gasteiger partial charge in [-0.15, -0.1) is 0 Å². The predicted octanol–water partition coefficient (Wildman–Crippen LogP) is 2.27. The zero-order valence-electron chi connectivity index (χ0n) is 19.4. The van der Waals surface area contributed by atoms with Crippen LogP contribution >= 0.6 is 0 Å². The number of methoxy groups -OCH3 is 1. The number of carboxylic acids is 1. The summed E-state index contributed by atoms with van der Waals surface area (Å²) in [5, 5.41) is 19.5. The first-order chi connectivity index (χ1) is 17.0. The fourth-order valence-electron chi connectivity index (χ4n) is 3.23. The largest absolute Gasteiger partial charge is 0.497 e. The van der Waals surface area contributed by atoms with Crippen LogP contribution in [-0.4, -0.2) is 78.7 Å². The van der Waals surface area contributed by atoms with Crippen LogP contribution in [0.15, 0.2) is 48.5 Å². The molecule has 12 heteroatoms. The number of nitrogens with zero attached hydrogens (tertiary/aromatic N) is 3. The summed E-state index contributed by atoms with van der Waals surface area (Å²) in [7, 11) is 1.60. The summed E-state index contributed by atoms with van der Waals surface area (Å²) >= 11 is 0. The number of benzene rings is 2. The van der Waals surface area contributed by atoms with Crippen molar-refractivity contribution in [3.8, 4) is 11.8 Å². The maximum absolute atomic E-state index is 13.2. The number of halogens is 3. The molecule has 9 nitrogen and oxygen atoms in total. The predicted molar refractivity (Wildman–Crippen MR) is 122 cm³/mol. The van der Waals surface area contributed by atoms with E-state index in [0.29, 0.717) is 24.2 Å². The van der Waals surface area contributed by atoms with Crippen molar-refractivity contribution in [1.82, 2.24) is 15.1 Å². The van der Waals surface area contributed by atoms with Crippen LogP contribution in [0.5, 0.6) is 5.75 Å². The number of rotatable bonds is 6. The first-order valence-electron chi connectivity index (χ1n) is 10.8. The molecule has 0 radical (unpaired) electrons. The molecule has 1 fully saturated rings. The molecule has 0 aliphatic carbocycles. The van der Waals surface area contributed by atoms with Crippen molar-refractivity contribution in [3.05, 3.63) is 65.2 Å². The molecular formula is C24H25F3N4O5. The molecule has 1 aliphatic rings. The van der Waals surface area contributed by atoms with Crippen molar-refractivity contribution >= 4 is 17.8 Å². The molecule has 1 aliphatic heterocycles. The minimum absolute atomic E-state index is 0.0123. The van der Waals surface area contributed by atoms with Crippen LogP contribution in [0.1, 0.15) is 21.5 Å². The van der Waals surface area contributed by atoms with E-state index in [0.717, 1.165) is 24.4 Å². The monoisotopic (exact) mass is 506 g/mol. The second kappa shape index (κ2) is 13.1. The normalized spacial score (nSPS) is 13.0. The Balaban J connectivity index is 0.000000572. The van der Waals surface area contributed by atoms with Gasteiger partial charge in [-0.05, 0) is 35.9 Å². The van der Waals surface area contributed by atoms with E-state index in [1.54, 1.807) is 36.3 Å². The van der Waals surface area contributed by atoms with Gasteiger partial charge in [0.1, 0.15) is 12.3 Å². The minimum atomic E-state index is -5.08. The van der Waals surface area contributed by atoms with Crippen LogP contribution < -0.4 is 10.1 Å². The molecule has 2 amide bonds. The Bertz CT molecular complexity index is 1090. The van der Waals surface area contributed by atoms with Gasteiger partial charge in [-0.1, -0.05) is 18.2 Å². The molecule has 2 aromatic rings. The molecule has 2 aromatic carbocycles. The molecule has 0 saturated carbocycles. The lowest BCUT2D eigenvalue weighted by molar-refractivity contribution is -0.192. The average molecular weight is 506 g/mol. The third-order valence-electron chi connectivity index (χ3n) is 5.10. The highest BCUT2D eigenvalue weighted by molar-refractivity contribution is 5.96. The van der Waals surface area contributed by atoms with Crippen molar-refractivity contribution in [2.75, 3.05) is 39.8 Å². The summed E-state index contributed by atoms with van der Waals surface area (Å²) < 4.78 is 36.9. The third-order valence-corrected chi connectivity index (χ3v) is 5.10. The van der Waals surface area contributed by atoms with Gasteiger partial charge in [-0.2, -0.15) is 18.4 Å². The summed E-state index contributed by atoms with van der Waals surface area (Å²) in [4.78, 5) is 38.2. The lowest BCUT2D eigenvalue weighted by atomic mass is 10.1. The molecule has 0 atom stereocenters. The quantitative estimate of drug-likeness (QED) is 0.616. The highest BCUT2D eigenvalue weighted by atomic mass is 19.4. The van der Waals surface area contributed by atoms with Crippen LogP contribution in [0.25, 0.3) is 0 Å². The lowest BCUT2D eigenvalue weighted by Crippen LogP contribution is -2.50. The molecule has 192 valence electrons. The van der Waals surface area contributed by atoms with Gasteiger partial charge in [0, 0.05) is 38.3 Å². The first kappa shape index (κ1) is 28.1. The maximum atomic E-state index is 13.2. The van der Waals surface area contributed by atoms with Crippen LogP contribution in [0.3, 0.4) is 0 Å². The smallest absolute Gasteiger partial charge is 0.490 e. The van der Waals surface area contributed by atoms with Crippen LogP contribution in [0.2, 0.25) is 0 Å². The molecule has 0 aromatic heterocycles. The van der Waals surface area contributed by atoms with Gasteiger partial charge in [0.05, 0.1) is 18.7 Å². The molecule has 1 saturated heterocycles. The maximum Gasteiger partial charge on any atom is 0.490 e. The van der Waals surface area contributed by atoms with Gasteiger partial charge in [0.15, 0.2) is 0 Å². The average Bonchev–Trinajstić information content (AvgIpc) is 2.88. The van der Waals surface area contributed by atoms with E-state index in [4.69, 9.17) is 19.9 Å². The zero-order valence-corrected chi connectivity index (χ0v) is 19.4. The number of aliphatic carboxylic acids is 1. The molecule has 36 heavy (non-hydrogen) atoms. The Kier molecular flexibility index (Phi) is 10.2. The number of piperazine rings is 1. The number of carboxylic acid groups (broad SMARTS) is 1. The molecule has 0 spiro atoms. The van der Waals surface area contributed by atoms with Crippen LogP contribution in [0.4, 0.5) is 13.2 Å². The number of hydrogen-bond donors (Lipinski definition) is 2. The van der Waals surface area contributed by atoms with Crippen molar-refractivity contribution in [2.24, 2.45) is 0 Å². The Morgan fingerprint density at radius 1 is 1.14 bits per heavy atom. The third kappa shape index (κ3) is 8.59. The van der Waals surface area contributed by atoms with E-state index in [1.807, 2.05) is 30.3 Å². The molecule has 0 unspecified atom stereocenters. The lowest BCUT2D eigenvalue weighted by Gasteiger charge is -2.30. The van der Waals surface area contributed by atoms with Crippen molar-refractivity contribution in [1.29, 1.82) is 5.26 Å². The Morgan fingerprint density at radius 3 is 2.28 bits per heavy atom. The highest BCUT2D eigenvalue weighted by Gasteiger charge is 2.38. The van der Waals surface area contributed by atoms with Gasteiger partial charge in [0.2, 0.25) is 5.91 Å². The summed E-state index contributed by atoms with van der Waals surface area (Å²) in [5.41, 5.74) is 1.70. The van der Waals surface area contributed by atoms with Gasteiger partial charge >= 0.3 is 12.1 Å². The number of carbonyl (C=O) groups excluding carboxylic acids is 2. The summed E-state index contributed by atoms with van der Waals surface area (Å²) in [5.74, 6) is -2.39. The summed E-state index contributed by atoms with van der Waals surface area (Å²) in [6, 6.07) is 16.0. The Morgan fingerprint density at radius 2 is 1.75 bits per heavy atom. The van der Waals surface area contributed by atoms with E-state index < -0.39 is 12.1 Å². The number of hydrogen-bond acceptors (Lipinski definition) is 6. The Labute approximate surface area is 205 Å². The highest BCUT2D eigenvalue weighted by Crippen LogP contribution is 2.16. The molecule has 0 bridgehead atoms. The van der Waals surface area contributed by atoms with E-state index in [-0.39, 0.29) is 24.9 Å². The summed E-state index contributed by atoms with van der Waals surface area (Å²) in [6.45, 7) is 3.05. The fourth-order valence-corrected chi connectivity index (χ4v) is 3.23. The van der Waals surface area contributed by atoms with E-state index >= 15 is 0 Å². The SMILES string of the molecule is COc1ccc(CN(CC(=O)N2CCNCC2)C(=O)c2cccc(C#N)c2)cc1.O=C(O)C(F)(F)F. The molecule has 2 N–H and O–H groups in total. The van der Waals surface area contributed by atoms with E-state index in [1.165, 1.54) is 4.90 Å². The number of carbonyl (C=O) groups is 3. The van der Waals surface area contributed by atoms with Crippen molar-refractivity contribution in [2.45, 2.75) is 12.7 Å². The van der Waals surface area contributed by atoms with E-state index in [2.05, 4.69) is 5.32 Å². The number of alkyl halides is 3. The van der Waals surface area contributed by atoms with Crippen molar-refractivity contribution < 1.29 is 37.4 Å². The minimum Gasteiger partial charge on any atom is -0.497 e. The second-order valence-electron chi connectivity index (χ2n) is 7.64. The fraction of sp³-hybridized carbons (Fsp3) is 0.333. The van der Waals surface area contributed by atoms with Gasteiger partial charge in [0.25, 0.3) is 5.91 Å². The number of ether oxygens (including phenoxy) is 1. The first-order valence-corrected chi connectivity index (χ1v) is 10.8. The molecular weight excluding hydrogens is 481 g/mol. The van der Waals surface area contributed by atoms with Gasteiger partial charge < -0.3 is 25.0 Å². The Hall–Kier alpha value is -4.11. The molecule has 3 rings (SSSR count). The van der Waals surface area contributed by atoms with Crippen LogP contribution in [0, 0.1) is 11.3 Å². The topological polar surface area (TPSA) is 123 Å². The molecule has 1 heterocycles.